The first-order valence-electron chi connectivity index (χ1n) is 5.30. The van der Waals surface area contributed by atoms with Crippen molar-refractivity contribution in [3.63, 3.8) is 0 Å². The van der Waals surface area contributed by atoms with Gasteiger partial charge in [-0.05, 0) is 38.9 Å². The van der Waals surface area contributed by atoms with Crippen LogP contribution in [-0.2, 0) is 0 Å². The number of nitrogens with zero attached hydrogens (tertiary/aromatic N) is 1. The molecule has 0 bridgehead atoms. The summed E-state index contributed by atoms with van der Waals surface area (Å²) in [5.74, 6) is 2.65. The zero-order valence-corrected chi connectivity index (χ0v) is 8.39. The van der Waals surface area contributed by atoms with Crippen molar-refractivity contribution in [2.45, 2.75) is 25.7 Å². The Hall–Kier alpha value is -0.520. The number of nitrogens with one attached hydrogen (secondary N) is 1. The highest BCUT2D eigenvalue weighted by atomic mass is 15.1. The van der Waals surface area contributed by atoms with E-state index in [9.17, 15) is 0 Å². The van der Waals surface area contributed by atoms with Crippen molar-refractivity contribution in [1.29, 1.82) is 0 Å². The number of hydrogen-bond donors (Lipinski definition) is 1. The van der Waals surface area contributed by atoms with E-state index in [4.69, 9.17) is 6.42 Å². The molecule has 0 atom stereocenters. The van der Waals surface area contributed by atoms with Crippen molar-refractivity contribution < 1.29 is 0 Å². The lowest BCUT2D eigenvalue weighted by Gasteiger charge is -2.14. The smallest absolute Gasteiger partial charge is 0.0107 e. The van der Waals surface area contributed by atoms with Crippen LogP contribution >= 0.6 is 0 Å². The van der Waals surface area contributed by atoms with E-state index in [1.807, 2.05) is 0 Å². The van der Waals surface area contributed by atoms with Crippen LogP contribution in [0.5, 0.6) is 0 Å². The van der Waals surface area contributed by atoms with Gasteiger partial charge in [0.05, 0.1) is 0 Å². The van der Waals surface area contributed by atoms with Crippen molar-refractivity contribution in [2.24, 2.45) is 0 Å². The van der Waals surface area contributed by atoms with E-state index in [-0.39, 0.29) is 0 Å². The van der Waals surface area contributed by atoms with Crippen LogP contribution in [0.2, 0.25) is 0 Å². The molecule has 1 aliphatic heterocycles. The minimum atomic E-state index is 0.900. The summed E-state index contributed by atoms with van der Waals surface area (Å²) < 4.78 is 0. The van der Waals surface area contributed by atoms with Gasteiger partial charge in [0, 0.05) is 19.5 Å². The van der Waals surface area contributed by atoms with Crippen LogP contribution in [-0.4, -0.2) is 37.6 Å². The molecular weight excluding hydrogens is 160 g/mol. The molecule has 0 radical (unpaired) electrons. The second-order valence-corrected chi connectivity index (χ2v) is 3.61. The maximum Gasteiger partial charge on any atom is 0.0107 e. The molecule has 2 nitrogen and oxygen atoms in total. The van der Waals surface area contributed by atoms with Crippen LogP contribution in [0, 0.1) is 12.3 Å². The summed E-state index contributed by atoms with van der Waals surface area (Å²) in [7, 11) is 0. The number of likely N-dealkylation sites (tertiary alicyclic amines) is 1. The van der Waals surface area contributed by atoms with Gasteiger partial charge in [0.2, 0.25) is 0 Å². The molecule has 0 aromatic carbocycles. The maximum absolute atomic E-state index is 5.16. The normalized spacial score (nSPS) is 17.5. The highest BCUT2D eigenvalue weighted by molar-refractivity contribution is 4.83. The molecule has 2 heteroatoms. The zero-order valence-electron chi connectivity index (χ0n) is 8.39. The SMILES string of the molecule is C#CCCCNCCN1CCCC1. The summed E-state index contributed by atoms with van der Waals surface area (Å²) in [5, 5.41) is 3.41. The van der Waals surface area contributed by atoms with Crippen LogP contribution in [0.15, 0.2) is 0 Å². The van der Waals surface area contributed by atoms with Crippen molar-refractivity contribution >= 4 is 0 Å². The molecule has 1 N–H and O–H groups in total. The largest absolute Gasteiger partial charge is 0.315 e. The van der Waals surface area contributed by atoms with Crippen LogP contribution in [0.1, 0.15) is 25.7 Å². The van der Waals surface area contributed by atoms with Gasteiger partial charge in [-0.2, -0.15) is 0 Å². The Morgan fingerprint density at radius 3 is 2.69 bits per heavy atom. The summed E-state index contributed by atoms with van der Waals surface area (Å²) in [6.45, 7) is 5.98. The quantitative estimate of drug-likeness (QED) is 0.486. The lowest BCUT2D eigenvalue weighted by Crippen LogP contribution is -2.30. The van der Waals surface area contributed by atoms with Gasteiger partial charge in [-0.1, -0.05) is 0 Å². The first-order chi connectivity index (χ1) is 6.43. The van der Waals surface area contributed by atoms with Gasteiger partial charge < -0.3 is 10.2 Å². The number of hydrogen-bond acceptors (Lipinski definition) is 2. The first-order valence-corrected chi connectivity index (χ1v) is 5.30. The van der Waals surface area contributed by atoms with E-state index < -0.39 is 0 Å². The molecule has 1 saturated heterocycles. The second kappa shape index (κ2) is 6.94. The van der Waals surface area contributed by atoms with Crippen LogP contribution < -0.4 is 5.32 Å². The molecule has 0 aromatic rings. The fourth-order valence-electron chi connectivity index (χ4n) is 1.68. The molecule has 13 heavy (non-hydrogen) atoms. The van der Waals surface area contributed by atoms with E-state index in [1.165, 1.54) is 32.5 Å². The summed E-state index contributed by atoms with van der Waals surface area (Å²) >= 11 is 0. The number of rotatable bonds is 6. The van der Waals surface area contributed by atoms with Gasteiger partial charge in [-0.3, -0.25) is 0 Å². The van der Waals surface area contributed by atoms with E-state index in [0.29, 0.717) is 0 Å². The average Bonchev–Trinajstić information content (AvgIpc) is 2.63. The lowest BCUT2D eigenvalue weighted by molar-refractivity contribution is 0.336. The van der Waals surface area contributed by atoms with Crippen LogP contribution in [0.3, 0.4) is 0 Å². The summed E-state index contributed by atoms with van der Waals surface area (Å²) in [4.78, 5) is 2.52. The number of unbranched alkanes of at least 4 members (excludes halogenated alkanes) is 1. The Morgan fingerprint density at radius 1 is 1.23 bits per heavy atom. The Kier molecular flexibility index (Phi) is 5.64. The molecule has 0 spiro atoms. The molecule has 0 aromatic heterocycles. The number of terminal acetylenes is 1. The predicted octanol–water partition coefficient (Wildman–Crippen LogP) is 1.09. The molecule has 0 aliphatic carbocycles. The molecule has 1 rings (SSSR count). The zero-order chi connectivity index (χ0) is 9.36. The molecule has 0 saturated carbocycles. The Morgan fingerprint density at radius 2 is 2.00 bits per heavy atom. The maximum atomic E-state index is 5.16. The Bertz CT molecular complexity index is 154. The fourth-order valence-corrected chi connectivity index (χ4v) is 1.68. The fraction of sp³-hybridized carbons (Fsp3) is 0.818. The van der Waals surface area contributed by atoms with E-state index in [0.717, 1.165) is 25.9 Å². The highest BCUT2D eigenvalue weighted by Gasteiger charge is 2.09. The van der Waals surface area contributed by atoms with Crippen molar-refractivity contribution in [3.8, 4) is 12.3 Å². The van der Waals surface area contributed by atoms with E-state index >= 15 is 0 Å². The second-order valence-electron chi connectivity index (χ2n) is 3.61. The van der Waals surface area contributed by atoms with Crippen molar-refractivity contribution in [1.82, 2.24) is 10.2 Å². The summed E-state index contributed by atoms with van der Waals surface area (Å²) in [5.41, 5.74) is 0. The Labute approximate surface area is 81.7 Å². The summed E-state index contributed by atoms with van der Waals surface area (Å²) in [6.07, 6.45) is 9.94. The molecule has 1 fully saturated rings. The van der Waals surface area contributed by atoms with Crippen molar-refractivity contribution in [2.75, 3.05) is 32.7 Å². The monoisotopic (exact) mass is 180 g/mol. The summed E-state index contributed by atoms with van der Waals surface area (Å²) in [6, 6.07) is 0. The molecule has 1 heterocycles. The van der Waals surface area contributed by atoms with Gasteiger partial charge >= 0.3 is 0 Å². The minimum absolute atomic E-state index is 0.900. The third-order valence-corrected chi connectivity index (χ3v) is 2.48. The minimum Gasteiger partial charge on any atom is -0.315 e. The third kappa shape index (κ3) is 4.92. The van der Waals surface area contributed by atoms with Gasteiger partial charge in [0.25, 0.3) is 0 Å². The molecule has 74 valence electrons. The molecule has 0 unspecified atom stereocenters. The predicted molar refractivity (Wildman–Crippen MR) is 56.6 cm³/mol. The topological polar surface area (TPSA) is 15.3 Å². The van der Waals surface area contributed by atoms with Gasteiger partial charge in [0.1, 0.15) is 0 Å². The molecule has 1 aliphatic rings. The standard InChI is InChI=1S/C11H20N2/c1-2-3-4-7-12-8-11-13-9-5-6-10-13/h1,12H,3-11H2. The molecule has 0 amide bonds. The molecular formula is C11H20N2. The van der Waals surface area contributed by atoms with Crippen molar-refractivity contribution in [3.05, 3.63) is 0 Å². The lowest BCUT2D eigenvalue weighted by atomic mass is 10.3. The van der Waals surface area contributed by atoms with Crippen LogP contribution in [0.25, 0.3) is 0 Å². The first kappa shape index (κ1) is 10.6. The van der Waals surface area contributed by atoms with Gasteiger partial charge in [0.15, 0.2) is 0 Å². The Balaban J connectivity index is 1.81. The van der Waals surface area contributed by atoms with Gasteiger partial charge in [-0.25, -0.2) is 0 Å². The average molecular weight is 180 g/mol. The highest BCUT2D eigenvalue weighted by Crippen LogP contribution is 2.05. The van der Waals surface area contributed by atoms with E-state index in [1.54, 1.807) is 0 Å². The van der Waals surface area contributed by atoms with Gasteiger partial charge in [-0.15, -0.1) is 12.3 Å². The van der Waals surface area contributed by atoms with E-state index in [2.05, 4.69) is 16.1 Å². The van der Waals surface area contributed by atoms with Crippen LogP contribution in [0.4, 0.5) is 0 Å². The third-order valence-electron chi connectivity index (χ3n) is 2.48.